The SMILES string of the molecule is O=C1NCCN(C(=O)Cc2cccs2)C1c1ccccc1. The van der Waals surface area contributed by atoms with Crippen molar-refractivity contribution in [3.05, 3.63) is 58.3 Å². The van der Waals surface area contributed by atoms with E-state index < -0.39 is 6.04 Å². The molecule has 1 atom stereocenters. The van der Waals surface area contributed by atoms with Crippen LogP contribution in [0, 0.1) is 0 Å². The van der Waals surface area contributed by atoms with Gasteiger partial charge in [-0.3, -0.25) is 9.59 Å². The van der Waals surface area contributed by atoms with Crippen molar-refractivity contribution < 1.29 is 9.59 Å². The molecule has 1 aromatic heterocycles. The molecule has 0 bridgehead atoms. The normalized spacial score (nSPS) is 18.4. The van der Waals surface area contributed by atoms with Gasteiger partial charge in [-0.15, -0.1) is 11.3 Å². The number of carbonyl (C=O) groups excluding carboxylic acids is 2. The minimum atomic E-state index is -0.521. The van der Waals surface area contributed by atoms with Crippen LogP contribution < -0.4 is 5.32 Å². The van der Waals surface area contributed by atoms with Crippen LogP contribution in [0.2, 0.25) is 0 Å². The summed E-state index contributed by atoms with van der Waals surface area (Å²) in [5, 5.41) is 4.80. The van der Waals surface area contributed by atoms with Gasteiger partial charge in [0.05, 0.1) is 6.42 Å². The minimum Gasteiger partial charge on any atom is -0.352 e. The number of nitrogens with zero attached hydrogens (tertiary/aromatic N) is 1. The highest BCUT2D eigenvalue weighted by atomic mass is 32.1. The number of thiophene rings is 1. The second-order valence-corrected chi connectivity index (χ2v) is 5.98. The average Bonchev–Trinajstić information content (AvgIpc) is 3.00. The van der Waals surface area contributed by atoms with Crippen LogP contribution in [0.4, 0.5) is 0 Å². The third kappa shape index (κ3) is 2.97. The molecular formula is C16H16N2O2S. The molecule has 2 heterocycles. The van der Waals surface area contributed by atoms with Gasteiger partial charge in [-0.2, -0.15) is 0 Å². The summed E-state index contributed by atoms with van der Waals surface area (Å²) in [5.74, 6) is -0.104. The fourth-order valence-corrected chi connectivity index (χ4v) is 3.26. The van der Waals surface area contributed by atoms with E-state index in [1.54, 1.807) is 16.2 Å². The maximum absolute atomic E-state index is 12.5. The topological polar surface area (TPSA) is 49.4 Å². The zero-order chi connectivity index (χ0) is 14.7. The van der Waals surface area contributed by atoms with Crippen LogP contribution >= 0.6 is 11.3 Å². The van der Waals surface area contributed by atoms with E-state index >= 15 is 0 Å². The second kappa shape index (κ2) is 6.10. The molecule has 1 fully saturated rings. The molecule has 2 amide bonds. The van der Waals surface area contributed by atoms with Gasteiger partial charge < -0.3 is 10.2 Å². The van der Waals surface area contributed by atoms with E-state index in [2.05, 4.69) is 5.32 Å². The average molecular weight is 300 g/mol. The molecule has 1 unspecified atom stereocenters. The summed E-state index contributed by atoms with van der Waals surface area (Å²) in [7, 11) is 0. The number of hydrogen-bond acceptors (Lipinski definition) is 3. The van der Waals surface area contributed by atoms with Gasteiger partial charge in [-0.1, -0.05) is 36.4 Å². The van der Waals surface area contributed by atoms with Gasteiger partial charge in [0.1, 0.15) is 6.04 Å². The Morgan fingerprint density at radius 3 is 2.76 bits per heavy atom. The first kappa shape index (κ1) is 13.8. The van der Waals surface area contributed by atoms with Gasteiger partial charge >= 0.3 is 0 Å². The summed E-state index contributed by atoms with van der Waals surface area (Å²) in [6.45, 7) is 1.06. The maximum atomic E-state index is 12.5. The minimum absolute atomic E-state index is 0.00107. The molecule has 1 aliphatic rings. The first-order chi connectivity index (χ1) is 10.3. The lowest BCUT2D eigenvalue weighted by molar-refractivity contribution is -0.143. The van der Waals surface area contributed by atoms with Gasteiger partial charge in [0.15, 0.2) is 0 Å². The van der Waals surface area contributed by atoms with Gasteiger partial charge in [0.2, 0.25) is 11.8 Å². The van der Waals surface area contributed by atoms with Gasteiger partial charge in [-0.25, -0.2) is 0 Å². The quantitative estimate of drug-likeness (QED) is 0.942. The summed E-state index contributed by atoms with van der Waals surface area (Å²) in [6.07, 6.45) is 0.355. The number of amides is 2. The van der Waals surface area contributed by atoms with Crippen molar-refractivity contribution in [3.63, 3.8) is 0 Å². The Hall–Kier alpha value is -2.14. The van der Waals surface area contributed by atoms with Crippen molar-refractivity contribution in [2.75, 3.05) is 13.1 Å². The molecular weight excluding hydrogens is 284 g/mol. The zero-order valence-corrected chi connectivity index (χ0v) is 12.3. The maximum Gasteiger partial charge on any atom is 0.247 e. The third-order valence-electron chi connectivity index (χ3n) is 3.55. The first-order valence-corrected chi connectivity index (χ1v) is 7.78. The van der Waals surface area contributed by atoms with E-state index in [-0.39, 0.29) is 11.8 Å². The van der Waals surface area contributed by atoms with Crippen molar-refractivity contribution in [2.45, 2.75) is 12.5 Å². The predicted octanol–water partition coefficient (Wildman–Crippen LogP) is 1.99. The molecule has 0 radical (unpaired) electrons. The highest BCUT2D eigenvalue weighted by Crippen LogP contribution is 2.24. The number of rotatable bonds is 3. The number of hydrogen-bond donors (Lipinski definition) is 1. The number of carbonyl (C=O) groups is 2. The molecule has 1 aliphatic heterocycles. The molecule has 5 heteroatoms. The fourth-order valence-electron chi connectivity index (χ4n) is 2.57. The summed E-state index contributed by atoms with van der Waals surface area (Å²) in [4.78, 5) is 27.5. The molecule has 0 aliphatic carbocycles. The molecule has 2 aromatic rings. The van der Waals surface area contributed by atoms with E-state index in [9.17, 15) is 9.59 Å². The summed E-state index contributed by atoms with van der Waals surface area (Å²) >= 11 is 1.57. The Labute approximate surface area is 127 Å². The molecule has 1 aromatic carbocycles. The van der Waals surface area contributed by atoms with Crippen LogP contribution in [-0.4, -0.2) is 29.8 Å². The Balaban J connectivity index is 1.84. The Kier molecular flexibility index (Phi) is 4.01. The highest BCUT2D eigenvalue weighted by molar-refractivity contribution is 7.10. The molecule has 21 heavy (non-hydrogen) atoms. The number of benzene rings is 1. The summed E-state index contributed by atoms with van der Waals surface area (Å²) in [5.41, 5.74) is 0.856. The molecule has 0 spiro atoms. The molecule has 3 rings (SSSR count). The van der Waals surface area contributed by atoms with Crippen LogP contribution in [-0.2, 0) is 16.0 Å². The van der Waals surface area contributed by atoms with Crippen LogP contribution in [0.3, 0.4) is 0 Å². The standard InChI is InChI=1S/C16H16N2O2S/c19-14(11-13-7-4-10-21-13)18-9-8-17-16(20)15(18)12-5-2-1-3-6-12/h1-7,10,15H,8-9,11H2,(H,17,20). The fraction of sp³-hybridized carbons (Fsp3) is 0.250. The highest BCUT2D eigenvalue weighted by Gasteiger charge is 2.34. The van der Waals surface area contributed by atoms with Crippen LogP contribution in [0.5, 0.6) is 0 Å². The largest absolute Gasteiger partial charge is 0.352 e. The molecule has 1 saturated heterocycles. The first-order valence-electron chi connectivity index (χ1n) is 6.90. The zero-order valence-electron chi connectivity index (χ0n) is 11.5. The number of nitrogens with one attached hydrogen (secondary N) is 1. The van der Waals surface area contributed by atoms with Crippen molar-refractivity contribution in [2.24, 2.45) is 0 Å². The van der Waals surface area contributed by atoms with Crippen molar-refractivity contribution >= 4 is 23.2 Å². The van der Waals surface area contributed by atoms with Crippen molar-refractivity contribution in [3.8, 4) is 0 Å². The van der Waals surface area contributed by atoms with Crippen LogP contribution in [0.1, 0.15) is 16.5 Å². The van der Waals surface area contributed by atoms with Gasteiger partial charge in [-0.05, 0) is 17.0 Å². The smallest absolute Gasteiger partial charge is 0.247 e. The van der Waals surface area contributed by atoms with Crippen molar-refractivity contribution in [1.82, 2.24) is 10.2 Å². The Bertz CT molecular complexity index is 625. The molecule has 1 N–H and O–H groups in total. The van der Waals surface area contributed by atoms with Gasteiger partial charge in [0, 0.05) is 18.0 Å². The van der Waals surface area contributed by atoms with E-state index in [0.29, 0.717) is 19.5 Å². The lowest BCUT2D eigenvalue weighted by Gasteiger charge is -2.35. The molecule has 0 saturated carbocycles. The van der Waals surface area contributed by atoms with Crippen molar-refractivity contribution in [1.29, 1.82) is 0 Å². The van der Waals surface area contributed by atoms with E-state index in [4.69, 9.17) is 0 Å². The lowest BCUT2D eigenvalue weighted by atomic mass is 10.0. The van der Waals surface area contributed by atoms with Crippen LogP contribution in [0.15, 0.2) is 47.8 Å². The molecule has 4 nitrogen and oxygen atoms in total. The predicted molar refractivity (Wildman–Crippen MR) is 81.9 cm³/mol. The Morgan fingerprint density at radius 2 is 2.05 bits per heavy atom. The second-order valence-electron chi connectivity index (χ2n) is 4.95. The van der Waals surface area contributed by atoms with E-state index in [1.165, 1.54) is 0 Å². The van der Waals surface area contributed by atoms with E-state index in [0.717, 1.165) is 10.4 Å². The lowest BCUT2D eigenvalue weighted by Crippen LogP contribution is -2.52. The van der Waals surface area contributed by atoms with Crippen LogP contribution in [0.25, 0.3) is 0 Å². The third-order valence-corrected chi connectivity index (χ3v) is 4.43. The molecule has 108 valence electrons. The number of piperazine rings is 1. The monoisotopic (exact) mass is 300 g/mol. The summed E-state index contributed by atoms with van der Waals surface area (Å²) in [6, 6.07) is 12.8. The Morgan fingerprint density at radius 1 is 1.24 bits per heavy atom. The van der Waals surface area contributed by atoms with E-state index in [1.807, 2.05) is 47.8 Å². The van der Waals surface area contributed by atoms with Gasteiger partial charge in [0.25, 0.3) is 0 Å². The summed E-state index contributed by atoms with van der Waals surface area (Å²) < 4.78 is 0.